The number of para-hydroxylation sites is 1. The molecule has 0 bridgehead atoms. The highest BCUT2D eigenvalue weighted by Gasteiger charge is 2.25. The van der Waals surface area contributed by atoms with Gasteiger partial charge in [0.2, 0.25) is 5.91 Å². The Morgan fingerprint density at radius 1 is 1.00 bits per heavy atom. The van der Waals surface area contributed by atoms with E-state index in [0.717, 1.165) is 29.9 Å². The van der Waals surface area contributed by atoms with Crippen LogP contribution < -0.4 is 20.1 Å². The standard InChI is InChI=1S/C21H22N2O4/c24-20(10-6-14-5-9-18-19(13-14)27-12-11-26-18)23-17-4-2-1-3-16(17)21(25)22-15-7-8-15/h1-5,9,13,15H,6-8,10-12H2,(H,22,25)(H,23,24). The maximum absolute atomic E-state index is 12.4. The number of benzene rings is 2. The fraction of sp³-hybridized carbons (Fsp3) is 0.333. The van der Waals surface area contributed by atoms with Crippen LogP contribution in [0.15, 0.2) is 42.5 Å². The van der Waals surface area contributed by atoms with Crippen LogP contribution in [0, 0.1) is 0 Å². The zero-order valence-electron chi connectivity index (χ0n) is 15.0. The number of fused-ring (bicyclic) bond motifs is 1. The largest absolute Gasteiger partial charge is 0.486 e. The van der Waals surface area contributed by atoms with Crippen molar-refractivity contribution in [1.82, 2.24) is 5.32 Å². The number of hydrogen-bond donors (Lipinski definition) is 2. The van der Waals surface area contributed by atoms with Crippen LogP contribution in [0.4, 0.5) is 5.69 Å². The summed E-state index contributed by atoms with van der Waals surface area (Å²) < 4.78 is 11.1. The molecule has 4 rings (SSSR count). The molecule has 1 fully saturated rings. The van der Waals surface area contributed by atoms with Crippen molar-refractivity contribution in [3.63, 3.8) is 0 Å². The zero-order chi connectivity index (χ0) is 18.6. The van der Waals surface area contributed by atoms with Gasteiger partial charge < -0.3 is 20.1 Å². The highest BCUT2D eigenvalue weighted by molar-refractivity contribution is 6.03. The van der Waals surface area contributed by atoms with E-state index in [1.54, 1.807) is 18.2 Å². The first kappa shape index (κ1) is 17.4. The molecule has 0 aromatic heterocycles. The van der Waals surface area contributed by atoms with Crippen LogP contribution in [-0.4, -0.2) is 31.1 Å². The number of carbonyl (C=O) groups is 2. The van der Waals surface area contributed by atoms with Gasteiger partial charge in [-0.25, -0.2) is 0 Å². The number of ether oxygens (including phenoxy) is 2. The monoisotopic (exact) mass is 366 g/mol. The predicted molar refractivity (Wildman–Crippen MR) is 101 cm³/mol. The maximum atomic E-state index is 12.4. The third-order valence-corrected chi connectivity index (χ3v) is 4.61. The average molecular weight is 366 g/mol. The van der Waals surface area contributed by atoms with Gasteiger partial charge >= 0.3 is 0 Å². The number of nitrogens with one attached hydrogen (secondary N) is 2. The van der Waals surface area contributed by atoms with E-state index in [2.05, 4.69) is 10.6 Å². The van der Waals surface area contributed by atoms with Gasteiger partial charge in [-0.3, -0.25) is 9.59 Å². The Morgan fingerprint density at radius 2 is 1.78 bits per heavy atom. The summed E-state index contributed by atoms with van der Waals surface area (Å²) in [7, 11) is 0. The zero-order valence-corrected chi connectivity index (χ0v) is 15.0. The van der Waals surface area contributed by atoms with Crippen molar-refractivity contribution < 1.29 is 19.1 Å². The number of carbonyl (C=O) groups excluding carboxylic acids is 2. The molecule has 0 saturated heterocycles. The number of aryl methyl sites for hydroxylation is 1. The molecule has 6 heteroatoms. The van der Waals surface area contributed by atoms with Gasteiger partial charge in [0.05, 0.1) is 11.3 Å². The Hall–Kier alpha value is -3.02. The molecule has 2 N–H and O–H groups in total. The van der Waals surface area contributed by atoms with Gasteiger partial charge in [0.1, 0.15) is 13.2 Å². The molecular weight excluding hydrogens is 344 g/mol. The third-order valence-electron chi connectivity index (χ3n) is 4.61. The molecule has 2 aromatic carbocycles. The average Bonchev–Trinajstić information content (AvgIpc) is 3.50. The van der Waals surface area contributed by atoms with Crippen molar-refractivity contribution in [3.8, 4) is 11.5 Å². The molecule has 1 saturated carbocycles. The van der Waals surface area contributed by atoms with E-state index in [9.17, 15) is 9.59 Å². The Kier molecular flexibility index (Phi) is 4.96. The van der Waals surface area contributed by atoms with Gasteiger partial charge in [-0.1, -0.05) is 18.2 Å². The SMILES string of the molecule is O=C(CCc1ccc2c(c1)OCCO2)Nc1ccccc1C(=O)NC1CC1. The lowest BCUT2D eigenvalue weighted by atomic mass is 10.1. The fourth-order valence-electron chi connectivity index (χ4n) is 2.99. The van der Waals surface area contributed by atoms with Crippen molar-refractivity contribution in [3.05, 3.63) is 53.6 Å². The number of hydrogen-bond acceptors (Lipinski definition) is 4. The van der Waals surface area contributed by atoms with Gasteiger partial charge in [0.15, 0.2) is 11.5 Å². The molecule has 140 valence electrons. The summed E-state index contributed by atoms with van der Waals surface area (Å²) in [6, 6.07) is 13.1. The Labute approximate surface area is 157 Å². The molecule has 1 aliphatic heterocycles. The molecular formula is C21H22N2O4. The van der Waals surface area contributed by atoms with Crippen LogP contribution in [0.2, 0.25) is 0 Å². The van der Waals surface area contributed by atoms with E-state index >= 15 is 0 Å². The lowest BCUT2D eigenvalue weighted by Gasteiger charge is -2.18. The Balaban J connectivity index is 1.36. The highest BCUT2D eigenvalue weighted by atomic mass is 16.6. The molecule has 1 aliphatic carbocycles. The van der Waals surface area contributed by atoms with E-state index in [-0.39, 0.29) is 17.9 Å². The van der Waals surface area contributed by atoms with E-state index in [0.29, 0.717) is 37.3 Å². The molecule has 0 unspecified atom stereocenters. The summed E-state index contributed by atoms with van der Waals surface area (Å²) in [6.45, 7) is 1.10. The number of rotatable bonds is 6. The summed E-state index contributed by atoms with van der Waals surface area (Å²) >= 11 is 0. The number of anilines is 1. The predicted octanol–water partition coefficient (Wildman–Crippen LogP) is 2.92. The smallest absolute Gasteiger partial charge is 0.253 e. The van der Waals surface area contributed by atoms with Crippen molar-refractivity contribution >= 4 is 17.5 Å². The maximum Gasteiger partial charge on any atom is 0.253 e. The summed E-state index contributed by atoms with van der Waals surface area (Å²) in [5.74, 6) is 1.20. The lowest BCUT2D eigenvalue weighted by molar-refractivity contribution is -0.116. The second-order valence-corrected chi connectivity index (χ2v) is 6.82. The molecule has 6 nitrogen and oxygen atoms in total. The van der Waals surface area contributed by atoms with Crippen LogP contribution in [0.5, 0.6) is 11.5 Å². The Bertz CT molecular complexity index is 861. The third kappa shape index (κ3) is 4.39. The molecule has 2 aliphatic rings. The van der Waals surface area contributed by atoms with E-state index in [4.69, 9.17) is 9.47 Å². The van der Waals surface area contributed by atoms with Crippen LogP contribution in [0.25, 0.3) is 0 Å². The van der Waals surface area contributed by atoms with Crippen LogP contribution in [-0.2, 0) is 11.2 Å². The van der Waals surface area contributed by atoms with E-state index in [1.807, 2.05) is 24.3 Å². The van der Waals surface area contributed by atoms with Gasteiger partial charge in [0, 0.05) is 12.5 Å². The molecule has 0 atom stereocenters. The molecule has 0 radical (unpaired) electrons. The highest BCUT2D eigenvalue weighted by Crippen LogP contribution is 2.31. The van der Waals surface area contributed by atoms with Crippen molar-refractivity contribution in [2.45, 2.75) is 31.7 Å². The number of amides is 2. The first-order chi connectivity index (χ1) is 13.2. The summed E-state index contributed by atoms with van der Waals surface area (Å²) in [4.78, 5) is 24.7. The van der Waals surface area contributed by atoms with Crippen molar-refractivity contribution in [1.29, 1.82) is 0 Å². The molecule has 1 heterocycles. The van der Waals surface area contributed by atoms with E-state index < -0.39 is 0 Å². The summed E-state index contributed by atoms with van der Waals surface area (Å²) in [5.41, 5.74) is 2.05. The molecule has 2 aromatic rings. The van der Waals surface area contributed by atoms with Gasteiger partial charge in [-0.2, -0.15) is 0 Å². The second-order valence-electron chi connectivity index (χ2n) is 6.82. The minimum absolute atomic E-state index is 0.128. The summed E-state index contributed by atoms with van der Waals surface area (Å²) in [5, 5.41) is 5.82. The fourth-order valence-corrected chi connectivity index (χ4v) is 2.99. The second kappa shape index (κ2) is 7.70. The van der Waals surface area contributed by atoms with Gasteiger partial charge in [0.25, 0.3) is 5.91 Å². The normalized spacial score (nSPS) is 15.1. The first-order valence-corrected chi connectivity index (χ1v) is 9.27. The van der Waals surface area contributed by atoms with Crippen molar-refractivity contribution in [2.24, 2.45) is 0 Å². The van der Waals surface area contributed by atoms with Gasteiger partial charge in [-0.15, -0.1) is 0 Å². The van der Waals surface area contributed by atoms with Crippen LogP contribution >= 0.6 is 0 Å². The topological polar surface area (TPSA) is 76.7 Å². The first-order valence-electron chi connectivity index (χ1n) is 9.27. The van der Waals surface area contributed by atoms with E-state index in [1.165, 1.54) is 0 Å². The molecule has 0 spiro atoms. The van der Waals surface area contributed by atoms with Crippen LogP contribution in [0.1, 0.15) is 35.2 Å². The minimum atomic E-state index is -0.139. The van der Waals surface area contributed by atoms with Gasteiger partial charge in [-0.05, 0) is 49.1 Å². The lowest BCUT2D eigenvalue weighted by Crippen LogP contribution is -2.27. The Morgan fingerprint density at radius 3 is 2.59 bits per heavy atom. The summed E-state index contributed by atoms with van der Waals surface area (Å²) in [6.07, 6.45) is 2.95. The van der Waals surface area contributed by atoms with Crippen molar-refractivity contribution in [2.75, 3.05) is 18.5 Å². The molecule has 2 amide bonds. The molecule has 27 heavy (non-hydrogen) atoms. The van der Waals surface area contributed by atoms with Crippen LogP contribution in [0.3, 0.4) is 0 Å². The quantitative estimate of drug-likeness (QED) is 0.824. The minimum Gasteiger partial charge on any atom is -0.486 e.